The van der Waals surface area contributed by atoms with Crippen LogP contribution in [0.4, 0.5) is 5.69 Å². The number of nitrogens with one attached hydrogen (secondary N) is 1. The van der Waals surface area contributed by atoms with Crippen molar-refractivity contribution >= 4 is 5.69 Å². The first kappa shape index (κ1) is 12.6. The zero-order chi connectivity index (χ0) is 12.6. The quantitative estimate of drug-likeness (QED) is 0.845. The Labute approximate surface area is 108 Å². The molecule has 1 aromatic heterocycles. The van der Waals surface area contributed by atoms with Crippen molar-refractivity contribution < 1.29 is 4.74 Å². The normalized spacial score (nSPS) is 10.3. The van der Waals surface area contributed by atoms with Gasteiger partial charge in [-0.3, -0.25) is 4.98 Å². The predicted octanol–water partition coefficient (Wildman–Crippen LogP) is 2.88. The molecule has 3 nitrogen and oxygen atoms in total. The molecule has 0 amide bonds. The lowest BCUT2D eigenvalue weighted by molar-refractivity contribution is 0.185. The SMILES string of the molecule is COCc1ccccc1NCCc1ccccn1. The van der Waals surface area contributed by atoms with E-state index < -0.39 is 0 Å². The van der Waals surface area contributed by atoms with E-state index in [4.69, 9.17) is 4.74 Å². The van der Waals surface area contributed by atoms with E-state index in [1.54, 1.807) is 7.11 Å². The third-order valence-electron chi connectivity index (χ3n) is 2.74. The Bertz CT molecular complexity index is 471. The van der Waals surface area contributed by atoms with Crippen molar-refractivity contribution in [3.63, 3.8) is 0 Å². The second-order valence-corrected chi connectivity index (χ2v) is 4.09. The minimum atomic E-state index is 0.632. The molecule has 0 aliphatic carbocycles. The number of pyridine rings is 1. The van der Waals surface area contributed by atoms with Gasteiger partial charge in [-0.2, -0.15) is 0 Å². The highest BCUT2D eigenvalue weighted by atomic mass is 16.5. The molecule has 18 heavy (non-hydrogen) atoms. The monoisotopic (exact) mass is 242 g/mol. The van der Waals surface area contributed by atoms with Gasteiger partial charge in [0.05, 0.1) is 6.61 Å². The Morgan fingerprint density at radius 3 is 2.72 bits per heavy atom. The van der Waals surface area contributed by atoms with Crippen molar-refractivity contribution in [1.82, 2.24) is 4.98 Å². The third kappa shape index (κ3) is 3.57. The summed E-state index contributed by atoms with van der Waals surface area (Å²) in [4.78, 5) is 4.30. The fraction of sp³-hybridized carbons (Fsp3) is 0.267. The molecule has 0 aliphatic heterocycles. The van der Waals surface area contributed by atoms with Crippen LogP contribution in [0.25, 0.3) is 0 Å². The zero-order valence-electron chi connectivity index (χ0n) is 10.6. The minimum Gasteiger partial charge on any atom is -0.384 e. The van der Waals surface area contributed by atoms with Gasteiger partial charge in [-0.1, -0.05) is 24.3 Å². The Morgan fingerprint density at radius 2 is 1.94 bits per heavy atom. The van der Waals surface area contributed by atoms with Crippen LogP contribution in [0, 0.1) is 0 Å². The van der Waals surface area contributed by atoms with Gasteiger partial charge in [-0.05, 0) is 18.2 Å². The molecule has 0 radical (unpaired) electrons. The molecule has 1 aromatic carbocycles. The summed E-state index contributed by atoms with van der Waals surface area (Å²) in [6.07, 6.45) is 2.75. The van der Waals surface area contributed by atoms with Gasteiger partial charge >= 0.3 is 0 Å². The minimum absolute atomic E-state index is 0.632. The van der Waals surface area contributed by atoms with Gasteiger partial charge in [0.15, 0.2) is 0 Å². The summed E-state index contributed by atoms with van der Waals surface area (Å²) in [5.41, 5.74) is 3.42. The molecule has 3 heteroatoms. The molecule has 0 spiro atoms. The van der Waals surface area contributed by atoms with Crippen molar-refractivity contribution in [1.29, 1.82) is 0 Å². The zero-order valence-corrected chi connectivity index (χ0v) is 10.6. The highest BCUT2D eigenvalue weighted by Crippen LogP contribution is 2.15. The standard InChI is InChI=1S/C15H18N2O/c1-18-12-13-6-2-3-8-15(13)17-11-9-14-7-4-5-10-16-14/h2-8,10,17H,9,11-12H2,1H3. The number of hydrogen-bond donors (Lipinski definition) is 1. The van der Waals surface area contributed by atoms with Gasteiger partial charge in [-0.25, -0.2) is 0 Å². The van der Waals surface area contributed by atoms with Crippen molar-refractivity contribution in [2.75, 3.05) is 19.0 Å². The molecule has 2 aromatic rings. The number of nitrogens with zero attached hydrogens (tertiary/aromatic N) is 1. The van der Waals surface area contributed by atoms with Crippen LogP contribution in [0.15, 0.2) is 48.7 Å². The maximum absolute atomic E-state index is 5.18. The smallest absolute Gasteiger partial charge is 0.0733 e. The van der Waals surface area contributed by atoms with E-state index in [9.17, 15) is 0 Å². The first-order valence-electron chi connectivity index (χ1n) is 6.11. The summed E-state index contributed by atoms with van der Waals surface area (Å²) in [6, 6.07) is 14.2. The Morgan fingerprint density at radius 1 is 1.11 bits per heavy atom. The van der Waals surface area contributed by atoms with Crippen LogP contribution in [-0.2, 0) is 17.8 Å². The van der Waals surface area contributed by atoms with E-state index in [0.717, 1.165) is 24.3 Å². The number of anilines is 1. The average molecular weight is 242 g/mol. The molecular formula is C15H18N2O. The summed E-state index contributed by atoms with van der Waals surface area (Å²) >= 11 is 0. The summed E-state index contributed by atoms with van der Waals surface area (Å²) < 4.78 is 5.18. The maximum atomic E-state index is 5.18. The predicted molar refractivity (Wildman–Crippen MR) is 73.6 cm³/mol. The van der Waals surface area contributed by atoms with E-state index >= 15 is 0 Å². The molecule has 0 saturated heterocycles. The van der Waals surface area contributed by atoms with Crippen molar-refractivity contribution in [2.45, 2.75) is 13.0 Å². The lowest BCUT2D eigenvalue weighted by Crippen LogP contribution is -2.08. The third-order valence-corrected chi connectivity index (χ3v) is 2.74. The number of benzene rings is 1. The molecule has 0 atom stereocenters. The molecule has 1 heterocycles. The van der Waals surface area contributed by atoms with Gasteiger partial charge in [0.1, 0.15) is 0 Å². The molecule has 94 valence electrons. The number of aromatic nitrogens is 1. The van der Waals surface area contributed by atoms with Crippen LogP contribution in [0.5, 0.6) is 0 Å². The topological polar surface area (TPSA) is 34.1 Å². The van der Waals surface area contributed by atoms with Crippen LogP contribution in [0.1, 0.15) is 11.3 Å². The van der Waals surface area contributed by atoms with Gasteiger partial charge in [0, 0.05) is 43.2 Å². The fourth-order valence-corrected chi connectivity index (χ4v) is 1.85. The first-order chi connectivity index (χ1) is 8.90. The molecule has 1 N–H and O–H groups in total. The number of hydrogen-bond acceptors (Lipinski definition) is 3. The number of rotatable bonds is 6. The molecule has 0 unspecified atom stereocenters. The summed E-state index contributed by atoms with van der Waals surface area (Å²) in [5.74, 6) is 0. The summed E-state index contributed by atoms with van der Waals surface area (Å²) in [6.45, 7) is 1.50. The lowest BCUT2D eigenvalue weighted by atomic mass is 10.2. The number of ether oxygens (including phenoxy) is 1. The largest absolute Gasteiger partial charge is 0.384 e. The number of methoxy groups -OCH3 is 1. The second-order valence-electron chi connectivity index (χ2n) is 4.09. The van der Waals surface area contributed by atoms with Crippen molar-refractivity contribution in [3.05, 3.63) is 59.9 Å². The lowest BCUT2D eigenvalue weighted by Gasteiger charge is -2.11. The van der Waals surface area contributed by atoms with E-state index in [2.05, 4.69) is 22.4 Å². The highest BCUT2D eigenvalue weighted by molar-refractivity contribution is 5.50. The van der Waals surface area contributed by atoms with Gasteiger partial charge in [0.2, 0.25) is 0 Å². The summed E-state index contributed by atoms with van der Waals surface area (Å²) in [7, 11) is 1.71. The second kappa shape index (κ2) is 6.77. The maximum Gasteiger partial charge on any atom is 0.0733 e. The molecule has 0 fully saturated rings. The fourth-order valence-electron chi connectivity index (χ4n) is 1.85. The molecule has 0 saturated carbocycles. The van der Waals surface area contributed by atoms with Crippen LogP contribution < -0.4 is 5.32 Å². The van der Waals surface area contributed by atoms with E-state index in [-0.39, 0.29) is 0 Å². The molecular weight excluding hydrogens is 224 g/mol. The van der Waals surface area contributed by atoms with Crippen LogP contribution >= 0.6 is 0 Å². The van der Waals surface area contributed by atoms with E-state index in [0.29, 0.717) is 6.61 Å². The Kier molecular flexibility index (Phi) is 4.73. The molecule has 0 aliphatic rings. The Balaban J connectivity index is 1.90. The van der Waals surface area contributed by atoms with Crippen molar-refractivity contribution in [2.24, 2.45) is 0 Å². The highest BCUT2D eigenvalue weighted by Gasteiger charge is 2.00. The first-order valence-corrected chi connectivity index (χ1v) is 6.11. The summed E-state index contributed by atoms with van der Waals surface area (Å²) in [5, 5.41) is 3.43. The van der Waals surface area contributed by atoms with Gasteiger partial charge < -0.3 is 10.1 Å². The van der Waals surface area contributed by atoms with Crippen LogP contribution in [-0.4, -0.2) is 18.6 Å². The van der Waals surface area contributed by atoms with Gasteiger partial charge in [0.25, 0.3) is 0 Å². The average Bonchev–Trinajstić information content (AvgIpc) is 2.42. The molecule has 2 rings (SSSR count). The van der Waals surface area contributed by atoms with Crippen LogP contribution in [0.3, 0.4) is 0 Å². The molecule has 0 bridgehead atoms. The number of para-hydroxylation sites is 1. The van der Waals surface area contributed by atoms with Crippen molar-refractivity contribution in [3.8, 4) is 0 Å². The van der Waals surface area contributed by atoms with Crippen LogP contribution in [0.2, 0.25) is 0 Å². The Hall–Kier alpha value is -1.87. The van der Waals surface area contributed by atoms with E-state index in [1.165, 1.54) is 5.56 Å². The van der Waals surface area contributed by atoms with Gasteiger partial charge in [-0.15, -0.1) is 0 Å². The van der Waals surface area contributed by atoms with E-state index in [1.807, 2.05) is 36.5 Å².